The van der Waals surface area contributed by atoms with Crippen LogP contribution in [0.5, 0.6) is 0 Å². The minimum atomic E-state index is -0.126. The maximum atomic E-state index is 2.46. The van der Waals surface area contributed by atoms with Gasteiger partial charge in [-0.2, -0.15) is 0 Å². The Labute approximate surface area is 405 Å². The van der Waals surface area contributed by atoms with Crippen LogP contribution in [0.1, 0.15) is 25.0 Å². The third kappa shape index (κ3) is 7.67. The second-order valence-electron chi connectivity index (χ2n) is 18.5. The number of para-hydroxylation sites is 2. The second-order valence-corrected chi connectivity index (χ2v) is 18.5. The average molecular weight is 883 g/mol. The fourth-order valence-corrected chi connectivity index (χ4v) is 10.5. The van der Waals surface area contributed by atoms with Crippen LogP contribution in [0.25, 0.3) is 66.4 Å². The van der Waals surface area contributed by atoms with Gasteiger partial charge in [-0.15, -0.1) is 0 Å². The van der Waals surface area contributed by atoms with E-state index < -0.39 is 0 Å². The van der Waals surface area contributed by atoms with E-state index in [1.54, 1.807) is 0 Å². The second kappa shape index (κ2) is 17.5. The lowest BCUT2D eigenvalue weighted by atomic mass is 9.82. The molecule has 0 bridgehead atoms. The molecule has 0 saturated carbocycles. The summed E-state index contributed by atoms with van der Waals surface area (Å²) in [6.45, 7) is 4.72. The molecule has 0 aromatic heterocycles. The molecule has 11 aromatic carbocycles. The van der Waals surface area contributed by atoms with Crippen LogP contribution in [0.3, 0.4) is 0 Å². The monoisotopic (exact) mass is 882 g/mol. The smallest absolute Gasteiger partial charge is 0.0546 e. The van der Waals surface area contributed by atoms with Crippen LogP contribution in [0.4, 0.5) is 34.1 Å². The molecule has 2 heteroatoms. The molecule has 1 aliphatic carbocycles. The summed E-state index contributed by atoms with van der Waals surface area (Å²) >= 11 is 0. The van der Waals surface area contributed by atoms with Crippen molar-refractivity contribution < 1.29 is 0 Å². The van der Waals surface area contributed by atoms with Gasteiger partial charge in [0.05, 0.1) is 5.69 Å². The first-order chi connectivity index (χ1) is 34.0. The van der Waals surface area contributed by atoms with Crippen molar-refractivity contribution in [2.24, 2.45) is 0 Å². The third-order valence-electron chi connectivity index (χ3n) is 14.1. The van der Waals surface area contributed by atoms with Crippen molar-refractivity contribution in [3.05, 3.63) is 278 Å². The van der Waals surface area contributed by atoms with Crippen LogP contribution in [0, 0.1) is 0 Å². The summed E-state index contributed by atoms with van der Waals surface area (Å²) in [7, 11) is 0. The van der Waals surface area contributed by atoms with Gasteiger partial charge in [0.1, 0.15) is 0 Å². The van der Waals surface area contributed by atoms with E-state index in [9.17, 15) is 0 Å². The summed E-state index contributed by atoms with van der Waals surface area (Å²) in [5.74, 6) is 0. The lowest BCUT2D eigenvalue weighted by Gasteiger charge is -2.30. The lowest BCUT2D eigenvalue weighted by molar-refractivity contribution is 0.660. The summed E-state index contributed by atoms with van der Waals surface area (Å²) in [4.78, 5) is 4.76. The summed E-state index contributed by atoms with van der Waals surface area (Å²) in [5, 5.41) is 2.45. The van der Waals surface area contributed by atoms with E-state index in [-0.39, 0.29) is 5.41 Å². The van der Waals surface area contributed by atoms with Crippen molar-refractivity contribution in [3.8, 4) is 55.6 Å². The van der Waals surface area contributed by atoms with E-state index in [1.807, 2.05) is 0 Å². The standard InChI is InChI=1S/C67H50N2/c1-67(2)63-25-15-14-24-61(63)62-44-43-59(46-64(62)67)69(65-45-38-53-16-12-13-23-60(53)66(65)54-17-6-3-7-18-54)58-41-36-52(37-42-58)50-32-28-48(29-33-50)47-26-30-49(31-27-47)51-34-39-57(40-35-51)68(55-19-8-4-9-20-55)56-21-10-5-11-22-56/h3-46H,1-2H3. The van der Waals surface area contributed by atoms with Gasteiger partial charge in [-0.25, -0.2) is 0 Å². The van der Waals surface area contributed by atoms with Crippen LogP contribution < -0.4 is 9.80 Å². The molecule has 0 saturated heterocycles. The molecule has 0 heterocycles. The number of hydrogen-bond donors (Lipinski definition) is 0. The van der Waals surface area contributed by atoms with Crippen LogP contribution >= 0.6 is 0 Å². The molecule has 11 aromatic rings. The van der Waals surface area contributed by atoms with Gasteiger partial charge in [-0.3, -0.25) is 0 Å². The highest BCUT2D eigenvalue weighted by molar-refractivity contribution is 6.05. The fraction of sp³-hybridized carbons (Fsp3) is 0.0448. The summed E-state index contributed by atoms with van der Waals surface area (Å²) in [6, 6.07) is 97.1. The Morgan fingerprint density at radius 1 is 0.275 bits per heavy atom. The topological polar surface area (TPSA) is 6.48 Å². The van der Waals surface area contributed by atoms with Crippen molar-refractivity contribution in [1.29, 1.82) is 0 Å². The molecule has 0 atom stereocenters. The Morgan fingerprint density at radius 2 is 0.681 bits per heavy atom. The van der Waals surface area contributed by atoms with Gasteiger partial charge in [0, 0.05) is 39.4 Å². The normalized spacial score (nSPS) is 12.3. The predicted molar refractivity (Wildman–Crippen MR) is 293 cm³/mol. The molecule has 1 aliphatic rings. The number of fused-ring (bicyclic) bond motifs is 4. The number of rotatable bonds is 10. The van der Waals surface area contributed by atoms with Crippen LogP contribution in [-0.2, 0) is 5.41 Å². The van der Waals surface area contributed by atoms with Crippen molar-refractivity contribution in [1.82, 2.24) is 0 Å². The van der Waals surface area contributed by atoms with Gasteiger partial charge >= 0.3 is 0 Å². The van der Waals surface area contributed by atoms with E-state index in [2.05, 4.69) is 291 Å². The first-order valence-electron chi connectivity index (χ1n) is 23.9. The summed E-state index contributed by atoms with van der Waals surface area (Å²) in [6.07, 6.45) is 0. The minimum Gasteiger partial charge on any atom is -0.311 e. The highest BCUT2D eigenvalue weighted by atomic mass is 15.1. The van der Waals surface area contributed by atoms with Crippen molar-refractivity contribution in [2.45, 2.75) is 19.3 Å². The minimum absolute atomic E-state index is 0.126. The van der Waals surface area contributed by atoms with Gasteiger partial charge < -0.3 is 9.80 Å². The lowest BCUT2D eigenvalue weighted by Crippen LogP contribution is -2.17. The van der Waals surface area contributed by atoms with Crippen molar-refractivity contribution in [3.63, 3.8) is 0 Å². The average Bonchev–Trinajstić information content (AvgIpc) is 3.65. The summed E-state index contributed by atoms with van der Waals surface area (Å²) < 4.78 is 0. The molecule has 0 spiro atoms. The zero-order valence-corrected chi connectivity index (χ0v) is 38.8. The zero-order valence-electron chi connectivity index (χ0n) is 38.8. The van der Waals surface area contributed by atoms with E-state index in [1.165, 1.54) is 77.5 Å². The number of hydrogen-bond acceptors (Lipinski definition) is 2. The Kier molecular flexibility index (Phi) is 10.6. The quantitative estimate of drug-likeness (QED) is 0.135. The van der Waals surface area contributed by atoms with E-state index in [0.717, 1.165) is 34.1 Å². The molecule has 0 radical (unpaired) electrons. The molecule has 0 fully saturated rings. The number of benzene rings is 11. The fourth-order valence-electron chi connectivity index (χ4n) is 10.5. The maximum Gasteiger partial charge on any atom is 0.0546 e. The van der Waals surface area contributed by atoms with Gasteiger partial charge in [0.25, 0.3) is 0 Å². The zero-order chi connectivity index (χ0) is 46.3. The van der Waals surface area contributed by atoms with Gasteiger partial charge in [0.2, 0.25) is 0 Å². The predicted octanol–water partition coefficient (Wildman–Crippen LogP) is 18.8. The van der Waals surface area contributed by atoms with E-state index in [0.29, 0.717) is 0 Å². The molecular formula is C67H50N2. The molecule has 0 unspecified atom stereocenters. The van der Waals surface area contributed by atoms with Crippen molar-refractivity contribution >= 4 is 44.9 Å². The Hall–Kier alpha value is -8.72. The SMILES string of the molecule is CC1(C)c2ccccc2-c2ccc(N(c3ccc(-c4ccc(-c5ccc(-c6ccc(N(c7ccccc7)c7ccccc7)cc6)cc5)cc4)cc3)c3ccc4ccccc4c3-c3ccccc3)cc21. The maximum absolute atomic E-state index is 2.46. The Balaban J connectivity index is 0.846. The number of nitrogens with zero attached hydrogens (tertiary/aromatic N) is 2. The first kappa shape index (κ1) is 41.7. The summed E-state index contributed by atoms with van der Waals surface area (Å²) in [5.41, 5.74) is 21.6. The molecule has 0 amide bonds. The number of anilines is 6. The van der Waals surface area contributed by atoms with Crippen LogP contribution in [-0.4, -0.2) is 0 Å². The highest BCUT2D eigenvalue weighted by Crippen LogP contribution is 2.52. The Morgan fingerprint density at radius 3 is 1.23 bits per heavy atom. The molecule has 12 rings (SSSR count). The van der Waals surface area contributed by atoms with E-state index in [4.69, 9.17) is 0 Å². The Bertz CT molecular complexity index is 3540. The molecule has 2 nitrogen and oxygen atoms in total. The molecular weight excluding hydrogens is 833 g/mol. The third-order valence-corrected chi connectivity index (χ3v) is 14.1. The van der Waals surface area contributed by atoms with E-state index >= 15 is 0 Å². The van der Waals surface area contributed by atoms with Gasteiger partial charge in [0.15, 0.2) is 0 Å². The van der Waals surface area contributed by atoms with Crippen molar-refractivity contribution in [2.75, 3.05) is 9.80 Å². The highest BCUT2D eigenvalue weighted by Gasteiger charge is 2.36. The molecule has 0 aliphatic heterocycles. The largest absolute Gasteiger partial charge is 0.311 e. The van der Waals surface area contributed by atoms with Gasteiger partial charge in [-0.05, 0) is 139 Å². The first-order valence-corrected chi connectivity index (χ1v) is 23.9. The van der Waals surface area contributed by atoms with Crippen LogP contribution in [0.2, 0.25) is 0 Å². The molecule has 0 N–H and O–H groups in total. The molecule has 328 valence electrons. The van der Waals surface area contributed by atoms with Gasteiger partial charge in [-0.1, -0.05) is 214 Å². The van der Waals surface area contributed by atoms with Crippen LogP contribution in [0.15, 0.2) is 267 Å². The molecule has 69 heavy (non-hydrogen) atoms.